The molecule has 210 valence electrons. The van der Waals surface area contributed by atoms with E-state index in [-0.39, 0.29) is 37.3 Å². The number of anilines is 2. The Hall–Kier alpha value is -4.45. The number of esters is 1. The largest absolute Gasteiger partial charge is 0.461 e. The molecular formula is C28H32N6O6. The first-order chi connectivity index (χ1) is 19.6. The second-order valence-corrected chi connectivity index (χ2v) is 9.63. The van der Waals surface area contributed by atoms with Crippen molar-refractivity contribution < 1.29 is 23.9 Å². The molecule has 0 spiro atoms. The second kappa shape index (κ2) is 13.1. The summed E-state index contributed by atoms with van der Waals surface area (Å²) in [5.41, 5.74) is 1.94. The summed E-state index contributed by atoms with van der Waals surface area (Å²) in [4.78, 5) is 36.2. The van der Waals surface area contributed by atoms with Crippen LogP contribution in [0.4, 0.5) is 17.3 Å². The van der Waals surface area contributed by atoms with Gasteiger partial charge in [-0.2, -0.15) is 0 Å². The van der Waals surface area contributed by atoms with Crippen molar-refractivity contribution in [3.05, 3.63) is 76.1 Å². The molecule has 12 nitrogen and oxygen atoms in total. The molecule has 2 aliphatic heterocycles. The van der Waals surface area contributed by atoms with Gasteiger partial charge in [0, 0.05) is 45.7 Å². The van der Waals surface area contributed by atoms with Crippen molar-refractivity contribution >= 4 is 23.3 Å². The summed E-state index contributed by atoms with van der Waals surface area (Å²) >= 11 is 0. The highest BCUT2D eigenvalue weighted by Crippen LogP contribution is 2.34. The van der Waals surface area contributed by atoms with Gasteiger partial charge in [-0.1, -0.05) is 36.4 Å². The van der Waals surface area contributed by atoms with E-state index in [0.717, 1.165) is 42.3 Å². The van der Waals surface area contributed by atoms with Gasteiger partial charge in [0.25, 0.3) is 0 Å². The third kappa shape index (κ3) is 6.94. The van der Waals surface area contributed by atoms with E-state index < -0.39 is 4.92 Å². The molecule has 1 saturated heterocycles. The first-order valence-corrected chi connectivity index (χ1v) is 13.4. The Morgan fingerprint density at radius 1 is 1.00 bits per heavy atom. The monoisotopic (exact) mass is 548 g/mol. The summed E-state index contributed by atoms with van der Waals surface area (Å²) in [6.07, 6.45) is 2.86. The molecule has 0 saturated carbocycles. The van der Waals surface area contributed by atoms with Crippen molar-refractivity contribution in [3.8, 4) is 11.5 Å². The zero-order valence-electron chi connectivity index (χ0n) is 22.2. The molecule has 5 rings (SSSR count). The summed E-state index contributed by atoms with van der Waals surface area (Å²) in [5.74, 6) is 1.75. The molecule has 1 aromatic heterocycles. The third-order valence-corrected chi connectivity index (χ3v) is 6.84. The number of unbranched alkanes of at least 4 members (excludes halogenated alkanes) is 1. The molecule has 1 N–H and O–H groups in total. The van der Waals surface area contributed by atoms with Crippen molar-refractivity contribution in [2.45, 2.75) is 32.4 Å². The number of hydrogen-bond acceptors (Lipinski definition) is 11. The van der Waals surface area contributed by atoms with Crippen LogP contribution in [-0.2, 0) is 22.7 Å². The maximum atomic E-state index is 12.0. The Labute approximate surface area is 232 Å². The van der Waals surface area contributed by atoms with Crippen LogP contribution < -0.4 is 19.7 Å². The summed E-state index contributed by atoms with van der Waals surface area (Å²) in [5, 5.41) is 15.1. The smallest absolute Gasteiger partial charge is 0.353 e. The molecule has 3 aromatic rings. The van der Waals surface area contributed by atoms with Gasteiger partial charge < -0.3 is 24.4 Å². The predicted molar refractivity (Wildman–Crippen MR) is 147 cm³/mol. The van der Waals surface area contributed by atoms with Crippen molar-refractivity contribution in [2.75, 3.05) is 49.7 Å². The van der Waals surface area contributed by atoms with E-state index in [2.05, 4.69) is 20.2 Å². The van der Waals surface area contributed by atoms with Crippen LogP contribution in [0, 0.1) is 10.1 Å². The maximum Gasteiger partial charge on any atom is 0.353 e. The summed E-state index contributed by atoms with van der Waals surface area (Å²) in [6.45, 7) is 4.36. The number of aromatic nitrogens is 2. The van der Waals surface area contributed by atoms with Crippen molar-refractivity contribution in [2.24, 2.45) is 0 Å². The Morgan fingerprint density at radius 2 is 1.80 bits per heavy atom. The number of benzene rings is 2. The summed E-state index contributed by atoms with van der Waals surface area (Å²) in [6, 6.07) is 15.5. The van der Waals surface area contributed by atoms with Gasteiger partial charge in [0.2, 0.25) is 18.4 Å². The zero-order valence-corrected chi connectivity index (χ0v) is 22.2. The fourth-order valence-electron chi connectivity index (χ4n) is 4.73. The molecule has 3 heterocycles. The highest BCUT2D eigenvalue weighted by molar-refractivity contribution is 5.70. The van der Waals surface area contributed by atoms with Crippen LogP contribution in [0.3, 0.4) is 0 Å². The fraction of sp³-hybridized carbons (Fsp3) is 0.393. The Balaban J connectivity index is 1.09. The Bertz CT molecular complexity index is 1320. The second-order valence-electron chi connectivity index (χ2n) is 9.63. The molecule has 0 unspecified atom stereocenters. The van der Waals surface area contributed by atoms with Crippen molar-refractivity contribution in [3.63, 3.8) is 0 Å². The van der Waals surface area contributed by atoms with Gasteiger partial charge >= 0.3 is 11.7 Å². The molecule has 0 radical (unpaired) electrons. The minimum atomic E-state index is -0.433. The van der Waals surface area contributed by atoms with Gasteiger partial charge in [0.15, 0.2) is 11.5 Å². The van der Waals surface area contributed by atoms with E-state index in [1.54, 1.807) is 0 Å². The molecule has 0 bridgehead atoms. The van der Waals surface area contributed by atoms with E-state index in [1.807, 2.05) is 53.4 Å². The Kier molecular flexibility index (Phi) is 8.86. The lowest BCUT2D eigenvalue weighted by atomic mass is 10.1. The highest BCUT2D eigenvalue weighted by atomic mass is 16.7. The number of nitrogens with zero attached hydrogens (tertiary/aromatic N) is 5. The number of fused-ring (bicyclic) bond motifs is 1. The summed E-state index contributed by atoms with van der Waals surface area (Å²) < 4.78 is 16.2. The minimum absolute atomic E-state index is 0.131. The average molecular weight is 549 g/mol. The van der Waals surface area contributed by atoms with Gasteiger partial charge in [0.05, 0.1) is 4.92 Å². The number of piperazine rings is 1. The number of nitro groups is 1. The van der Waals surface area contributed by atoms with Gasteiger partial charge in [-0.15, -0.1) is 0 Å². The lowest BCUT2D eigenvalue weighted by Crippen LogP contribution is -2.46. The zero-order chi connectivity index (χ0) is 27.7. The standard InChI is InChI=1S/C28H32N6O6/c35-25(38-18-21-6-2-1-3-7-21)8-4-5-11-29-27-26(34(36)37)28(31-19-30-27)33-14-12-32(13-15-33)17-22-9-10-23-24(16-22)40-20-39-23/h1-3,6-7,9-10,16,19H,4-5,8,11-15,17-18,20H2,(H,29,30,31). The molecule has 40 heavy (non-hydrogen) atoms. The van der Waals surface area contributed by atoms with E-state index in [9.17, 15) is 14.9 Å². The topological polar surface area (TPSA) is 132 Å². The summed E-state index contributed by atoms with van der Waals surface area (Å²) in [7, 11) is 0. The van der Waals surface area contributed by atoms with Gasteiger partial charge in [-0.05, 0) is 36.1 Å². The lowest BCUT2D eigenvalue weighted by Gasteiger charge is -2.35. The minimum Gasteiger partial charge on any atom is -0.461 e. The number of nitrogens with one attached hydrogen (secondary N) is 1. The van der Waals surface area contributed by atoms with Gasteiger partial charge in [0.1, 0.15) is 12.9 Å². The van der Waals surface area contributed by atoms with Crippen LogP contribution in [0.25, 0.3) is 0 Å². The quantitative estimate of drug-likeness (QED) is 0.154. The Morgan fingerprint density at radius 3 is 2.60 bits per heavy atom. The molecule has 0 atom stereocenters. The molecule has 2 aromatic carbocycles. The number of carbonyl (C=O) groups is 1. The third-order valence-electron chi connectivity index (χ3n) is 6.84. The maximum absolute atomic E-state index is 12.0. The average Bonchev–Trinajstić information content (AvgIpc) is 3.45. The van der Waals surface area contributed by atoms with Crippen LogP contribution in [0.2, 0.25) is 0 Å². The van der Waals surface area contributed by atoms with Crippen LogP contribution in [0.5, 0.6) is 11.5 Å². The van der Waals surface area contributed by atoms with E-state index in [4.69, 9.17) is 14.2 Å². The number of ether oxygens (including phenoxy) is 3. The van der Waals surface area contributed by atoms with Crippen LogP contribution >= 0.6 is 0 Å². The lowest BCUT2D eigenvalue weighted by molar-refractivity contribution is -0.383. The highest BCUT2D eigenvalue weighted by Gasteiger charge is 2.29. The number of rotatable bonds is 12. The first kappa shape index (κ1) is 27.1. The normalized spacial score (nSPS) is 14.7. The van der Waals surface area contributed by atoms with Crippen molar-refractivity contribution in [1.82, 2.24) is 14.9 Å². The molecule has 0 amide bonds. The molecule has 12 heteroatoms. The van der Waals surface area contributed by atoms with Crippen LogP contribution in [0.15, 0.2) is 54.9 Å². The molecular weight excluding hydrogens is 516 g/mol. The molecule has 2 aliphatic rings. The van der Waals surface area contributed by atoms with Gasteiger partial charge in [-0.25, -0.2) is 9.97 Å². The van der Waals surface area contributed by atoms with E-state index in [0.29, 0.717) is 38.3 Å². The van der Waals surface area contributed by atoms with Crippen molar-refractivity contribution in [1.29, 1.82) is 0 Å². The van der Waals surface area contributed by atoms with Crippen LogP contribution in [0.1, 0.15) is 30.4 Å². The fourth-order valence-corrected chi connectivity index (χ4v) is 4.73. The first-order valence-electron chi connectivity index (χ1n) is 13.4. The van der Waals surface area contributed by atoms with E-state index >= 15 is 0 Å². The number of hydrogen-bond donors (Lipinski definition) is 1. The molecule has 0 aliphatic carbocycles. The van der Waals surface area contributed by atoms with Gasteiger partial charge in [-0.3, -0.25) is 19.8 Å². The number of carbonyl (C=O) groups excluding carboxylic acids is 1. The SMILES string of the molecule is O=C(CCCCNc1ncnc(N2CCN(Cc3ccc4c(c3)OCO4)CC2)c1[N+](=O)[O-])OCc1ccccc1. The predicted octanol–water partition coefficient (Wildman–Crippen LogP) is 3.76. The molecule has 1 fully saturated rings. The van der Waals surface area contributed by atoms with Crippen LogP contribution in [-0.4, -0.2) is 65.3 Å². The van der Waals surface area contributed by atoms with E-state index in [1.165, 1.54) is 6.33 Å².